The van der Waals surface area contributed by atoms with Crippen molar-refractivity contribution in [2.24, 2.45) is 0 Å². The third-order valence-electron chi connectivity index (χ3n) is 5.88. The number of piperazine rings is 1. The molecule has 0 N–H and O–H groups in total. The molecule has 31 heavy (non-hydrogen) atoms. The number of Topliss-reactive ketones (excluding diaryl/α,β-unsaturated/α-hetero) is 1. The molecule has 1 aliphatic rings. The molecule has 0 aliphatic carbocycles. The van der Waals surface area contributed by atoms with Gasteiger partial charge in [0, 0.05) is 48.8 Å². The second-order valence-electron chi connectivity index (χ2n) is 7.93. The average molecular weight is 436 g/mol. The normalized spacial score (nSPS) is 14.6. The molecule has 1 amide bonds. The van der Waals surface area contributed by atoms with Crippen LogP contribution in [0.15, 0.2) is 60.7 Å². The number of aryl methyl sites for hydroxylation is 1. The number of nitrogens with zero attached hydrogens (tertiary/aromatic N) is 3. The molecule has 160 valence electrons. The van der Waals surface area contributed by atoms with Crippen molar-refractivity contribution in [2.75, 3.05) is 32.7 Å². The highest BCUT2D eigenvalue weighted by atomic mass is 35.5. The van der Waals surface area contributed by atoms with Crippen molar-refractivity contribution in [3.8, 4) is 5.69 Å². The Morgan fingerprint density at radius 3 is 2.19 bits per heavy atom. The van der Waals surface area contributed by atoms with E-state index in [0.717, 1.165) is 22.6 Å². The number of carbonyl (C=O) groups is 2. The van der Waals surface area contributed by atoms with Gasteiger partial charge in [0.05, 0.1) is 17.1 Å². The van der Waals surface area contributed by atoms with E-state index in [1.807, 2.05) is 67.3 Å². The summed E-state index contributed by atoms with van der Waals surface area (Å²) < 4.78 is 2.12. The fourth-order valence-corrected chi connectivity index (χ4v) is 4.44. The van der Waals surface area contributed by atoms with Crippen LogP contribution in [-0.2, 0) is 0 Å². The van der Waals surface area contributed by atoms with Crippen LogP contribution in [0.4, 0.5) is 0 Å². The van der Waals surface area contributed by atoms with Crippen molar-refractivity contribution >= 4 is 23.3 Å². The quantitative estimate of drug-likeness (QED) is 0.558. The lowest BCUT2D eigenvalue weighted by Crippen LogP contribution is -2.50. The first-order chi connectivity index (χ1) is 15.0. The minimum atomic E-state index is -0.0528. The van der Waals surface area contributed by atoms with Crippen molar-refractivity contribution in [3.63, 3.8) is 0 Å². The Kier molecular flexibility index (Phi) is 6.25. The van der Waals surface area contributed by atoms with Crippen LogP contribution in [0.1, 0.15) is 32.1 Å². The third kappa shape index (κ3) is 4.43. The van der Waals surface area contributed by atoms with Gasteiger partial charge in [0.2, 0.25) is 0 Å². The van der Waals surface area contributed by atoms with Crippen molar-refractivity contribution in [3.05, 3.63) is 88.2 Å². The number of aromatic nitrogens is 1. The number of amides is 1. The Morgan fingerprint density at radius 2 is 1.52 bits per heavy atom. The third-order valence-corrected chi connectivity index (χ3v) is 6.21. The van der Waals surface area contributed by atoms with Gasteiger partial charge < -0.3 is 9.47 Å². The highest BCUT2D eigenvalue weighted by Crippen LogP contribution is 2.22. The molecular weight excluding hydrogens is 410 g/mol. The summed E-state index contributed by atoms with van der Waals surface area (Å²) in [5.74, 6) is 0.0594. The van der Waals surface area contributed by atoms with Crippen LogP contribution < -0.4 is 0 Å². The largest absolute Gasteiger partial charge is 0.336 e. The molecule has 1 aromatic heterocycles. The lowest BCUT2D eigenvalue weighted by molar-refractivity contribution is 0.0624. The van der Waals surface area contributed by atoms with E-state index in [9.17, 15) is 9.59 Å². The van der Waals surface area contributed by atoms with Gasteiger partial charge in [-0.1, -0.05) is 41.9 Å². The number of para-hydroxylation sites is 1. The molecule has 5 nitrogen and oxygen atoms in total. The molecule has 4 rings (SSSR count). The fraction of sp³-hybridized carbons (Fsp3) is 0.280. The van der Waals surface area contributed by atoms with Crippen LogP contribution in [0.2, 0.25) is 5.02 Å². The van der Waals surface area contributed by atoms with E-state index in [4.69, 9.17) is 11.6 Å². The molecule has 1 aliphatic heterocycles. The number of hydrogen-bond donors (Lipinski definition) is 0. The monoisotopic (exact) mass is 435 g/mol. The molecule has 0 saturated carbocycles. The molecule has 2 heterocycles. The van der Waals surface area contributed by atoms with Gasteiger partial charge >= 0.3 is 0 Å². The molecule has 0 radical (unpaired) electrons. The Morgan fingerprint density at radius 1 is 0.871 bits per heavy atom. The number of carbonyl (C=O) groups excluding carboxylic acids is 2. The number of rotatable bonds is 5. The topological polar surface area (TPSA) is 45.6 Å². The van der Waals surface area contributed by atoms with E-state index in [0.29, 0.717) is 43.3 Å². The number of hydrogen-bond acceptors (Lipinski definition) is 3. The molecule has 0 spiro atoms. The van der Waals surface area contributed by atoms with Crippen molar-refractivity contribution in [2.45, 2.75) is 13.8 Å². The van der Waals surface area contributed by atoms with Gasteiger partial charge in [0.25, 0.3) is 5.91 Å². The zero-order valence-corrected chi connectivity index (χ0v) is 18.6. The molecule has 1 saturated heterocycles. The Bertz CT molecular complexity index is 1100. The maximum Gasteiger partial charge on any atom is 0.255 e. The van der Waals surface area contributed by atoms with Crippen molar-refractivity contribution < 1.29 is 9.59 Å². The molecule has 0 unspecified atom stereocenters. The Balaban J connectivity index is 1.40. The zero-order valence-electron chi connectivity index (χ0n) is 17.8. The Labute approximate surface area is 187 Å². The minimum Gasteiger partial charge on any atom is -0.336 e. The van der Waals surface area contributed by atoms with Gasteiger partial charge in [-0.05, 0) is 44.2 Å². The number of benzene rings is 2. The summed E-state index contributed by atoms with van der Waals surface area (Å²) >= 11 is 6.17. The lowest BCUT2D eigenvalue weighted by atomic mass is 10.1. The second kappa shape index (κ2) is 9.08. The van der Waals surface area contributed by atoms with E-state index in [-0.39, 0.29) is 11.7 Å². The first-order valence-electron chi connectivity index (χ1n) is 10.5. The van der Waals surface area contributed by atoms with Crippen molar-refractivity contribution in [1.82, 2.24) is 14.4 Å². The second-order valence-corrected chi connectivity index (χ2v) is 8.33. The van der Waals surface area contributed by atoms with Crippen molar-refractivity contribution in [1.29, 1.82) is 0 Å². The van der Waals surface area contributed by atoms with E-state index in [1.165, 1.54) is 0 Å². The molecule has 0 atom stereocenters. The summed E-state index contributed by atoms with van der Waals surface area (Å²) in [5.41, 5.74) is 4.35. The smallest absolute Gasteiger partial charge is 0.255 e. The van der Waals surface area contributed by atoms with E-state index < -0.39 is 0 Å². The zero-order chi connectivity index (χ0) is 22.0. The first-order valence-corrected chi connectivity index (χ1v) is 10.9. The van der Waals surface area contributed by atoms with Crippen LogP contribution in [0.5, 0.6) is 0 Å². The lowest BCUT2D eigenvalue weighted by Gasteiger charge is -2.34. The summed E-state index contributed by atoms with van der Waals surface area (Å²) in [4.78, 5) is 29.7. The van der Waals surface area contributed by atoms with Gasteiger partial charge in [-0.2, -0.15) is 0 Å². The van der Waals surface area contributed by atoms with E-state index >= 15 is 0 Å². The van der Waals surface area contributed by atoms with Gasteiger partial charge in [0.15, 0.2) is 5.78 Å². The highest BCUT2D eigenvalue weighted by Gasteiger charge is 2.25. The minimum absolute atomic E-state index is 0.0528. The number of ketones is 1. The molecular formula is C25H26ClN3O2. The van der Waals surface area contributed by atoms with Gasteiger partial charge in [-0.15, -0.1) is 0 Å². The van der Waals surface area contributed by atoms with Crippen LogP contribution in [0.25, 0.3) is 5.69 Å². The summed E-state index contributed by atoms with van der Waals surface area (Å²) in [6, 6.07) is 19.2. The maximum absolute atomic E-state index is 13.1. The SMILES string of the molecule is Cc1cc(C(=O)CN2CCN(C(=O)c3ccccc3Cl)CC2)c(C)n1-c1ccccc1. The average Bonchev–Trinajstić information content (AvgIpc) is 3.09. The van der Waals surface area contributed by atoms with E-state index in [1.54, 1.807) is 12.1 Å². The van der Waals surface area contributed by atoms with Crippen LogP contribution in [-0.4, -0.2) is 58.8 Å². The van der Waals surface area contributed by atoms with Gasteiger partial charge in [0.1, 0.15) is 0 Å². The molecule has 3 aromatic rings. The summed E-state index contributed by atoms with van der Waals surface area (Å²) in [6.45, 7) is 6.87. The van der Waals surface area contributed by atoms with Crippen LogP contribution >= 0.6 is 11.6 Å². The standard InChI is InChI=1S/C25H26ClN3O2/c1-18-16-22(19(2)29(18)20-8-4-3-5-9-20)24(30)17-27-12-14-28(15-13-27)25(31)21-10-6-7-11-23(21)26/h3-11,16H,12-15,17H2,1-2H3. The highest BCUT2D eigenvalue weighted by molar-refractivity contribution is 6.33. The van der Waals surface area contributed by atoms with Crippen LogP contribution in [0.3, 0.4) is 0 Å². The molecule has 0 bridgehead atoms. The maximum atomic E-state index is 13.1. The van der Waals surface area contributed by atoms with Gasteiger partial charge in [-0.25, -0.2) is 0 Å². The molecule has 6 heteroatoms. The van der Waals surface area contributed by atoms with Crippen LogP contribution in [0, 0.1) is 13.8 Å². The predicted octanol–water partition coefficient (Wildman–Crippen LogP) is 4.39. The first kappa shape index (κ1) is 21.3. The van der Waals surface area contributed by atoms with E-state index in [2.05, 4.69) is 9.47 Å². The summed E-state index contributed by atoms with van der Waals surface area (Å²) in [7, 11) is 0. The predicted molar refractivity (Wildman–Crippen MR) is 123 cm³/mol. The number of halogens is 1. The summed E-state index contributed by atoms with van der Waals surface area (Å²) in [6.07, 6.45) is 0. The molecule has 2 aromatic carbocycles. The fourth-order valence-electron chi connectivity index (χ4n) is 4.22. The summed E-state index contributed by atoms with van der Waals surface area (Å²) in [5, 5.41) is 0.471. The Hall–Kier alpha value is -2.89. The van der Waals surface area contributed by atoms with Gasteiger partial charge in [-0.3, -0.25) is 14.5 Å². The molecule has 1 fully saturated rings.